The van der Waals surface area contributed by atoms with Crippen LogP contribution in [0.4, 0.5) is 0 Å². The third-order valence-electron chi connectivity index (χ3n) is 2.32. The first-order chi connectivity index (χ1) is 6.72. The van der Waals surface area contributed by atoms with Crippen LogP contribution in [0.15, 0.2) is 0 Å². The van der Waals surface area contributed by atoms with Gasteiger partial charge < -0.3 is 10.1 Å². The maximum absolute atomic E-state index is 11.0. The average Bonchev–Trinajstić information content (AvgIpc) is 2.15. The summed E-state index contributed by atoms with van der Waals surface area (Å²) in [5.41, 5.74) is 0. The molecule has 1 atom stereocenters. The van der Waals surface area contributed by atoms with Gasteiger partial charge in [0.15, 0.2) is 0 Å². The minimum Gasteiger partial charge on any atom is -0.466 e. The minimum atomic E-state index is -0.174. The second kappa shape index (κ2) is 5.62. The molecule has 1 rings (SSSR count). The fourth-order valence-electron chi connectivity index (χ4n) is 1.62. The van der Waals surface area contributed by atoms with Crippen LogP contribution in [0.25, 0.3) is 0 Å². The molecule has 1 unspecified atom stereocenters. The smallest absolute Gasteiger partial charge is 0.305 e. The van der Waals surface area contributed by atoms with E-state index in [0.29, 0.717) is 25.9 Å². The van der Waals surface area contributed by atoms with E-state index in [2.05, 4.69) is 5.32 Å². The summed E-state index contributed by atoms with van der Waals surface area (Å²) < 4.78 is 4.81. The summed E-state index contributed by atoms with van der Waals surface area (Å²) in [5.74, 6) is -0.0718. The van der Waals surface area contributed by atoms with Crippen molar-refractivity contribution in [2.75, 3.05) is 6.61 Å². The van der Waals surface area contributed by atoms with E-state index < -0.39 is 0 Å². The van der Waals surface area contributed by atoms with E-state index in [1.54, 1.807) is 6.92 Å². The van der Waals surface area contributed by atoms with Gasteiger partial charge in [-0.05, 0) is 26.2 Å². The molecule has 1 fully saturated rings. The molecular formula is C10H17NO3. The summed E-state index contributed by atoms with van der Waals surface area (Å²) >= 11 is 0. The average molecular weight is 199 g/mol. The van der Waals surface area contributed by atoms with E-state index in [1.165, 1.54) is 0 Å². The molecule has 1 aliphatic heterocycles. The molecule has 0 aromatic carbocycles. The normalized spacial score (nSPS) is 21.5. The third-order valence-corrected chi connectivity index (χ3v) is 2.32. The number of carbonyl (C=O) groups is 2. The van der Waals surface area contributed by atoms with Crippen molar-refractivity contribution in [1.29, 1.82) is 0 Å². The molecule has 4 nitrogen and oxygen atoms in total. The molecule has 1 aliphatic rings. The Bertz CT molecular complexity index is 215. The largest absolute Gasteiger partial charge is 0.466 e. The first kappa shape index (κ1) is 11.0. The van der Waals surface area contributed by atoms with Crippen molar-refractivity contribution in [2.24, 2.45) is 0 Å². The Kier molecular flexibility index (Phi) is 4.43. The van der Waals surface area contributed by atoms with Gasteiger partial charge in [0.1, 0.15) is 0 Å². The van der Waals surface area contributed by atoms with E-state index in [4.69, 9.17) is 4.74 Å². The summed E-state index contributed by atoms with van der Waals surface area (Å²) in [4.78, 5) is 22.0. The van der Waals surface area contributed by atoms with Crippen LogP contribution in [0.3, 0.4) is 0 Å². The van der Waals surface area contributed by atoms with Gasteiger partial charge in [-0.1, -0.05) is 0 Å². The number of hydrogen-bond donors (Lipinski definition) is 1. The van der Waals surface area contributed by atoms with Crippen molar-refractivity contribution in [1.82, 2.24) is 5.32 Å². The number of hydrogen-bond acceptors (Lipinski definition) is 3. The van der Waals surface area contributed by atoms with Crippen molar-refractivity contribution >= 4 is 11.9 Å². The number of carbonyl (C=O) groups excluding carboxylic acids is 2. The fraction of sp³-hybridized carbons (Fsp3) is 0.800. The molecule has 1 amide bonds. The highest BCUT2D eigenvalue weighted by molar-refractivity contribution is 5.77. The molecule has 0 aromatic rings. The van der Waals surface area contributed by atoms with Crippen molar-refractivity contribution < 1.29 is 14.3 Å². The Hall–Kier alpha value is -1.06. The number of esters is 1. The Balaban J connectivity index is 2.17. The monoisotopic (exact) mass is 199 g/mol. The molecular weight excluding hydrogens is 182 g/mol. The topological polar surface area (TPSA) is 55.4 Å². The van der Waals surface area contributed by atoms with Gasteiger partial charge in [0.2, 0.25) is 5.91 Å². The lowest BCUT2D eigenvalue weighted by Gasteiger charge is -2.22. The highest BCUT2D eigenvalue weighted by Crippen LogP contribution is 2.12. The zero-order valence-corrected chi connectivity index (χ0v) is 8.54. The van der Waals surface area contributed by atoms with E-state index in [-0.39, 0.29) is 17.9 Å². The van der Waals surface area contributed by atoms with Gasteiger partial charge >= 0.3 is 5.97 Å². The maximum Gasteiger partial charge on any atom is 0.305 e. The molecule has 80 valence electrons. The van der Waals surface area contributed by atoms with Gasteiger partial charge in [0, 0.05) is 18.9 Å². The molecule has 1 saturated heterocycles. The Morgan fingerprint density at radius 3 is 3.07 bits per heavy atom. The van der Waals surface area contributed by atoms with Crippen molar-refractivity contribution in [3.8, 4) is 0 Å². The molecule has 14 heavy (non-hydrogen) atoms. The molecule has 4 heteroatoms. The first-order valence-corrected chi connectivity index (χ1v) is 5.17. The number of amides is 1. The lowest BCUT2D eigenvalue weighted by Crippen LogP contribution is -2.38. The standard InChI is InChI=1S/C10H17NO3/c1-2-14-10(13)7-6-8-4-3-5-9(12)11-8/h8H,2-7H2,1H3,(H,11,12). The summed E-state index contributed by atoms with van der Waals surface area (Å²) in [5, 5.41) is 2.87. The van der Waals surface area contributed by atoms with Gasteiger partial charge in [0.05, 0.1) is 6.61 Å². The SMILES string of the molecule is CCOC(=O)CCC1CCCC(=O)N1. The number of piperidine rings is 1. The van der Waals surface area contributed by atoms with Gasteiger partial charge in [-0.25, -0.2) is 0 Å². The Morgan fingerprint density at radius 1 is 1.64 bits per heavy atom. The lowest BCUT2D eigenvalue weighted by molar-refractivity contribution is -0.143. The quantitative estimate of drug-likeness (QED) is 0.687. The summed E-state index contributed by atoms with van der Waals surface area (Å²) in [7, 11) is 0. The summed E-state index contributed by atoms with van der Waals surface area (Å²) in [6.45, 7) is 2.22. The molecule has 0 aromatic heterocycles. The van der Waals surface area contributed by atoms with E-state index >= 15 is 0 Å². The zero-order chi connectivity index (χ0) is 10.4. The van der Waals surface area contributed by atoms with E-state index in [0.717, 1.165) is 12.8 Å². The molecule has 1 heterocycles. The molecule has 0 spiro atoms. The van der Waals surface area contributed by atoms with Gasteiger partial charge in [-0.3, -0.25) is 9.59 Å². The van der Waals surface area contributed by atoms with Crippen LogP contribution in [0.5, 0.6) is 0 Å². The van der Waals surface area contributed by atoms with Crippen LogP contribution >= 0.6 is 0 Å². The third kappa shape index (κ3) is 3.77. The molecule has 0 radical (unpaired) electrons. The number of ether oxygens (including phenoxy) is 1. The maximum atomic E-state index is 11.0. The second-order valence-electron chi connectivity index (χ2n) is 3.50. The highest BCUT2D eigenvalue weighted by atomic mass is 16.5. The van der Waals surface area contributed by atoms with Gasteiger partial charge in [-0.15, -0.1) is 0 Å². The van der Waals surface area contributed by atoms with Crippen molar-refractivity contribution in [2.45, 2.75) is 45.1 Å². The number of rotatable bonds is 4. The predicted octanol–water partition coefficient (Wildman–Crippen LogP) is 0.998. The molecule has 0 saturated carbocycles. The second-order valence-corrected chi connectivity index (χ2v) is 3.50. The van der Waals surface area contributed by atoms with Crippen LogP contribution < -0.4 is 5.32 Å². The summed E-state index contributed by atoms with van der Waals surface area (Å²) in [6, 6.07) is 0.167. The predicted molar refractivity (Wildman–Crippen MR) is 51.6 cm³/mol. The van der Waals surface area contributed by atoms with E-state index in [9.17, 15) is 9.59 Å². The molecule has 0 bridgehead atoms. The van der Waals surface area contributed by atoms with Crippen LogP contribution in [-0.2, 0) is 14.3 Å². The van der Waals surface area contributed by atoms with Crippen LogP contribution in [0, 0.1) is 0 Å². The Labute approximate surface area is 84.0 Å². The van der Waals surface area contributed by atoms with Crippen molar-refractivity contribution in [3.05, 3.63) is 0 Å². The summed E-state index contributed by atoms with van der Waals surface area (Å²) in [6.07, 6.45) is 3.63. The minimum absolute atomic E-state index is 0.102. The Morgan fingerprint density at radius 2 is 2.43 bits per heavy atom. The van der Waals surface area contributed by atoms with Gasteiger partial charge in [0.25, 0.3) is 0 Å². The number of nitrogens with one attached hydrogen (secondary N) is 1. The van der Waals surface area contributed by atoms with Crippen LogP contribution in [0.1, 0.15) is 39.0 Å². The van der Waals surface area contributed by atoms with Crippen LogP contribution in [0.2, 0.25) is 0 Å². The van der Waals surface area contributed by atoms with E-state index in [1.807, 2.05) is 0 Å². The molecule has 0 aliphatic carbocycles. The first-order valence-electron chi connectivity index (χ1n) is 5.17. The fourth-order valence-corrected chi connectivity index (χ4v) is 1.62. The van der Waals surface area contributed by atoms with Gasteiger partial charge in [-0.2, -0.15) is 0 Å². The lowest BCUT2D eigenvalue weighted by atomic mass is 10.0. The zero-order valence-electron chi connectivity index (χ0n) is 8.54. The van der Waals surface area contributed by atoms with Crippen LogP contribution in [-0.4, -0.2) is 24.5 Å². The highest BCUT2D eigenvalue weighted by Gasteiger charge is 2.18. The van der Waals surface area contributed by atoms with Crippen molar-refractivity contribution in [3.63, 3.8) is 0 Å². The molecule has 1 N–H and O–H groups in total.